The van der Waals surface area contributed by atoms with E-state index >= 15 is 0 Å². The third kappa shape index (κ3) is 4.44. The molecular formula is C17H24F3N3O3. The van der Waals surface area contributed by atoms with E-state index in [0.717, 1.165) is 0 Å². The number of hydrogen-bond donors (Lipinski definition) is 1. The molecule has 0 unspecified atom stereocenters. The zero-order valence-electron chi connectivity index (χ0n) is 15.1. The standard InChI is InChI=1S/C17H24F3N3O3/c1-11(2)12-10-13(22-14(21-12)17(18,19)20)23-7-4-16(5-8-23,15(24)25)6-9-26-3/h10-11H,4-9H2,1-3H3,(H,24,25). The van der Waals surface area contributed by atoms with Gasteiger partial charge in [0.2, 0.25) is 5.82 Å². The highest BCUT2D eigenvalue weighted by Gasteiger charge is 2.42. The molecule has 0 aromatic carbocycles. The lowest BCUT2D eigenvalue weighted by Crippen LogP contribution is -2.45. The second-order valence-electron chi connectivity index (χ2n) is 6.94. The molecule has 0 saturated carbocycles. The van der Waals surface area contributed by atoms with Crippen LogP contribution in [0.25, 0.3) is 0 Å². The van der Waals surface area contributed by atoms with Gasteiger partial charge in [-0.15, -0.1) is 0 Å². The zero-order valence-corrected chi connectivity index (χ0v) is 15.1. The molecule has 1 aromatic heterocycles. The second-order valence-corrected chi connectivity index (χ2v) is 6.94. The molecule has 0 amide bonds. The van der Waals surface area contributed by atoms with Gasteiger partial charge in [0.15, 0.2) is 0 Å². The molecule has 1 N–H and O–H groups in total. The fraction of sp³-hybridized carbons (Fsp3) is 0.706. The van der Waals surface area contributed by atoms with Gasteiger partial charge < -0.3 is 14.7 Å². The van der Waals surface area contributed by atoms with E-state index in [1.54, 1.807) is 24.8 Å². The van der Waals surface area contributed by atoms with Gasteiger partial charge in [-0.3, -0.25) is 4.79 Å². The number of rotatable bonds is 6. The zero-order chi connectivity index (χ0) is 19.5. The first-order chi connectivity index (χ1) is 12.1. The van der Waals surface area contributed by atoms with E-state index < -0.39 is 23.4 Å². The number of halogens is 3. The monoisotopic (exact) mass is 375 g/mol. The molecule has 1 fully saturated rings. The topological polar surface area (TPSA) is 75.6 Å². The van der Waals surface area contributed by atoms with Gasteiger partial charge in [0, 0.05) is 38.6 Å². The van der Waals surface area contributed by atoms with Gasteiger partial charge in [-0.25, -0.2) is 9.97 Å². The van der Waals surface area contributed by atoms with E-state index in [4.69, 9.17) is 4.74 Å². The van der Waals surface area contributed by atoms with E-state index in [2.05, 4.69) is 9.97 Å². The quantitative estimate of drug-likeness (QED) is 0.822. The minimum atomic E-state index is -4.63. The molecule has 1 saturated heterocycles. The van der Waals surface area contributed by atoms with Gasteiger partial charge in [-0.1, -0.05) is 13.8 Å². The number of carboxylic acid groups (broad SMARTS) is 1. The lowest BCUT2D eigenvalue weighted by molar-refractivity contribution is -0.151. The first kappa shape index (κ1) is 20.4. The largest absolute Gasteiger partial charge is 0.481 e. The number of ether oxygens (including phenoxy) is 1. The van der Waals surface area contributed by atoms with Gasteiger partial charge in [0.05, 0.1) is 5.41 Å². The molecule has 1 aliphatic rings. The Morgan fingerprint density at radius 3 is 2.42 bits per heavy atom. The number of piperidine rings is 1. The van der Waals surface area contributed by atoms with Gasteiger partial charge in [0.1, 0.15) is 5.82 Å². The van der Waals surface area contributed by atoms with E-state index in [1.807, 2.05) is 0 Å². The molecule has 146 valence electrons. The number of carbonyl (C=O) groups is 1. The summed E-state index contributed by atoms with van der Waals surface area (Å²) in [4.78, 5) is 20.7. The average molecular weight is 375 g/mol. The van der Waals surface area contributed by atoms with Crippen molar-refractivity contribution in [3.8, 4) is 0 Å². The Morgan fingerprint density at radius 2 is 1.96 bits per heavy atom. The summed E-state index contributed by atoms with van der Waals surface area (Å²) >= 11 is 0. The van der Waals surface area contributed by atoms with E-state index in [-0.39, 0.29) is 11.7 Å². The molecule has 2 rings (SSSR count). The number of carboxylic acids is 1. The summed E-state index contributed by atoms with van der Waals surface area (Å²) in [5.74, 6) is -2.03. The summed E-state index contributed by atoms with van der Waals surface area (Å²) in [6.45, 7) is 4.50. The Balaban J connectivity index is 2.25. The van der Waals surface area contributed by atoms with Crippen molar-refractivity contribution >= 4 is 11.8 Å². The number of anilines is 1. The fourth-order valence-electron chi connectivity index (χ4n) is 3.07. The smallest absolute Gasteiger partial charge is 0.451 e. The van der Waals surface area contributed by atoms with E-state index in [9.17, 15) is 23.1 Å². The van der Waals surface area contributed by atoms with Crippen molar-refractivity contribution in [2.24, 2.45) is 5.41 Å². The lowest BCUT2D eigenvalue weighted by Gasteiger charge is -2.39. The molecule has 2 heterocycles. The van der Waals surface area contributed by atoms with Crippen LogP contribution in [0.4, 0.5) is 19.0 Å². The first-order valence-electron chi connectivity index (χ1n) is 8.52. The number of aliphatic carboxylic acids is 1. The van der Waals surface area contributed by atoms with Crippen molar-refractivity contribution in [3.05, 3.63) is 17.6 Å². The van der Waals surface area contributed by atoms with Crippen LogP contribution in [-0.2, 0) is 15.7 Å². The third-order valence-corrected chi connectivity index (χ3v) is 4.86. The van der Waals surface area contributed by atoms with Crippen LogP contribution >= 0.6 is 0 Å². The maximum atomic E-state index is 13.1. The van der Waals surface area contributed by atoms with Crippen LogP contribution in [-0.4, -0.2) is 47.8 Å². The summed E-state index contributed by atoms with van der Waals surface area (Å²) in [6.07, 6.45) is -3.59. The lowest BCUT2D eigenvalue weighted by atomic mass is 9.76. The van der Waals surface area contributed by atoms with Crippen molar-refractivity contribution < 1.29 is 27.8 Å². The van der Waals surface area contributed by atoms with E-state index in [1.165, 1.54) is 7.11 Å². The van der Waals surface area contributed by atoms with Crippen LogP contribution in [0, 0.1) is 5.41 Å². The van der Waals surface area contributed by atoms with Gasteiger partial charge in [-0.05, 0) is 25.2 Å². The summed E-state index contributed by atoms with van der Waals surface area (Å²) in [5.41, 5.74) is -0.593. The molecule has 26 heavy (non-hydrogen) atoms. The Bertz CT molecular complexity index is 642. The van der Waals surface area contributed by atoms with Crippen LogP contribution < -0.4 is 4.90 Å². The van der Waals surface area contributed by atoms with Crippen molar-refractivity contribution in [2.45, 2.75) is 45.2 Å². The molecule has 6 nitrogen and oxygen atoms in total. The number of methoxy groups -OCH3 is 1. The third-order valence-electron chi connectivity index (χ3n) is 4.86. The minimum absolute atomic E-state index is 0.178. The van der Waals surface area contributed by atoms with Crippen LogP contribution in [0.1, 0.15) is 50.5 Å². The average Bonchev–Trinajstić information content (AvgIpc) is 2.59. The molecule has 0 bridgehead atoms. The fourth-order valence-corrected chi connectivity index (χ4v) is 3.07. The maximum absolute atomic E-state index is 13.1. The van der Waals surface area contributed by atoms with Crippen LogP contribution in [0.15, 0.2) is 6.07 Å². The number of alkyl halides is 3. The summed E-state index contributed by atoms with van der Waals surface area (Å²) in [5, 5.41) is 9.59. The summed E-state index contributed by atoms with van der Waals surface area (Å²) in [6, 6.07) is 1.56. The Labute approximate surface area is 150 Å². The molecule has 9 heteroatoms. The van der Waals surface area contributed by atoms with Crippen LogP contribution in [0.2, 0.25) is 0 Å². The predicted molar refractivity (Wildman–Crippen MR) is 89.1 cm³/mol. The second kappa shape index (κ2) is 7.77. The minimum Gasteiger partial charge on any atom is -0.481 e. The highest BCUT2D eigenvalue weighted by atomic mass is 19.4. The van der Waals surface area contributed by atoms with Gasteiger partial charge in [0.25, 0.3) is 0 Å². The molecule has 1 aliphatic heterocycles. The molecule has 0 aliphatic carbocycles. The molecule has 0 radical (unpaired) electrons. The number of aromatic nitrogens is 2. The maximum Gasteiger partial charge on any atom is 0.451 e. The van der Waals surface area contributed by atoms with Crippen LogP contribution in [0.5, 0.6) is 0 Å². The van der Waals surface area contributed by atoms with Crippen molar-refractivity contribution in [1.82, 2.24) is 9.97 Å². The van der Waals surface area contributed by atoms with E-state index in [0.29, 0.717) is 44.7 Å². The van der Waals surface area contributed by atoms with Crippen molar-refractivity contribution in [3.63, 3.8) is 0 Å². The first-order valence-corrected chi connectivity index (χ1v) is 8.52. The highest BCUT2D eigenvalue weighted by molar-refractivity contribution is 5.75. The Morgan fingerprint density at radius 1 is 1.35 bits per heavy atom. The summed E-state index contributed by atoms with van der Waals surface area (Å²) in [7, 11) is 1.51. The highest BCUT2D eigenvalue weighted by Crippen LogP contribution is 2.37. The van der Waals surface area contributed by atoms with Gasteiger partial charge >= 0.3 is 12.1 Å². The predicted octanol–water partition coefficient (Wildman–Crippen LogP) is 3.33. The van der Waals surface area contributed by atoms with Crippen LogP contribution in [0.3, 0.4) is 0 Å². The molecule has 1 aromatic rings. The summed E-state index contributed by atoms with van der Waals surface area (Å²) < 4.78 is 44.3. The molecular weight excluding hydrogens is 351 g/mol. The Hall–Kier alpha value is -1.90. The van der Waals surface area contributed by atoms with Crippen molar-refractivity contribution in [2.75, 3.05) is 31.7 Å². The molecule has 0 spiro atoms. The molecule has 0 atom stereocenters. The Kier molecular flexibility index (Phi) is 6.10. The number of nitrogens with zero attached hydrogens (tertiary/aromatic N) is 3. The van der Waals surface area contributed by atoms with Gasteiger partial charge in [-0.2, -0.15) is 13.2 Å². The van der Waals surface area contributed by atoms with Crippen molar-refractivity contribution in [1.29, 1.82) is 0 Å². The normalized spacial score (nSPS) is 17.6. The number of hydrogen-bond acceptors (Lipinski definition) is 5. The SMILES string of the molecule is COCCC1(C(=O)O)CCN(c2cc(C(C)C)nc(C(F)(F)F)n2)CC1.